The van der Waals surface area contributed by atoms with E-state index in [-0.39, 0.29) is 6.10 Å². The van der Waals surface area contributed by atoms with Crippen LogP contribution in [0.25, 0.3) is 6.08 Å². The summed E-state index contributed by atoms with van der Waals surface area (Å²) in [5.74, 6) is 0.939. The topological polar surface area (TPSA) is 24.5 Å². The first-order chi connectivity index (χ1) is 9.24. The van der Waals surface area contributed by atoms with Gasteiger partial charge in [0, 0.05) is 32.7 Å². The van der Waals surface area contributed by atoms with Gasteiger partial charge < -0.3 is 10.1 Å². The molecule has 1 N–H and O–H groups in total. The van der Waals surface area contributed by atoms with Gasteiger partial charge in [-0.2, -0.15) is 0 Å². The van der Waals surface area contributed by atoms with Gasteiger partial charge in [-0.05, 0) is 31.5 Å². The number of hydrogen-bond donors (Lipinski definition) is 1. The van der Waals surface area contributed by atoms with Crippen LogP contribution in [0.1, 0.15) is 19.4 Å². The molecule has 1 aliphatic rings. The van der Waals surface area contributed by atoms with Gasteiger partial charge in [0.25, 0.3) is 0 Å². The van der Waals surface area contributed by atoms with E-state index < -0.39 is 0 Å². The van der Waals surface area contributed by atoms with E-state index in [1.54, 1.807) is 0 Å². The van der Waals surface area contributed by atoms with Crippen LogP contribution in [0, 0.1) is 0 Å². The highest BCUT2D eigenvalue weighted by Crippen LogP contribution is 2.14. The molecule has 1 heterocycles. The Kier molecular flexibility index (Phi) is 5.43. The van der Waals surface area contributed by atoms with Crippen LogP contribution < -0.4 is 10.1 Å². The first-order valence-corrected chi connectivity index (χ1v) is 7.10. The monoisotopic (exact) mass is 260 g/mol. The van der Waals surface area contributed by atoms with E-state index in [1.165, 1.54) is 5.56 Å². The summed E-state index contributed by atoms with van der Waals surface area (Å²) in [5.41, 5.74) is 1.23. The zero-order valence-electron chi connectivity index (χ0n) is 11.9. The quantitative estimate of drug-likeness (QED) is 0.880. The molecule has 19 heavy (non-hydrogen) atoms. The van der Waals surface area contributed by atoms with Gasteiger partial charge in [-0.15, -0.1) is 0 Å². The SMILES string of the molecule is CC(C)Oc1ccc(/C=C/CN2CCNCC2)cc1. The third-order valence-corrected chi connectivity index (χ3v) is 3.14. The normalized spacial score (nSPS) is 17.2. The van der Waals surface area contributed by atoms with Crippen molar-refractivity contribution in [3.63, 3.8) is 0 Å². The van der Waals surface area contributed by atoms with E-state index in [1.807, 2.05) is 26.0 Å². The molecule has 3 heteroatoms. The highest BCUT2D eigenvalue weighted by molar-refractivity contribution is 5.50. The Hall–Kier alpha value is -1.32. The van der Waals surface area contributed by atoms with Crippen LogP contribution in [0.15, 0.2) is 30.3 Å². The van der Waals surface area contributed by atoms with Gasteiger partial charge in [0.05, 0.1) is 6.10 Å². The Bertz CT molecular complexity index is 392. The first-order valence-electron chi connectivity index (χ1n) is 7.10. The maximum Gasteiger partial charge on any atom is 0.119 e. The fourth-order valence-corrected chi connectivity index (χ4v) is 2.16. The minimum absolute atomic E-state index is 0.231. The number of rotatable bonds is 5. The number of hydrogen-bond acceptors (Lipinski definition) is 3. The molecule has 0 bridgehead atoms. The highest BCUT2D eigenvalue weighted by atomic mass is 16.5. The van der Waals surface area contributed by atoms with Gasteiger partial charge in [-0.1, -0.05) is 24.3 Å². The van der Waals surface area contributed by atoms with Gasteiger partial charge in [0.15, 0.2) is 0 Å². The minimum Gasteiger partial charge on any atom is -0.491 e. The Morgan fingerprint density at radius 2 is 1.89 bits per heavy atom. The average molecular weight is 260 g/mol. The summed E-state index contributed by atoms with van der Waals surface area (Å²) in [5, 5.41) is 3.36. The van der Waals surface area contributed by atoms with Gasteiger partial charge in [-0.25, -0.2) is 0 Å². The molecule has 104 valence electrons. The second kappa shape index (κ2) is 7.31. The molecule has 1 fully saturated rings. The lowest BCUT2D eigenvalue weighted by Crippen LogP contribution is -2.43. The molecule has 1 aromatic carbocycles. The first kappa shape index (κ1) is 14.1. The van der Waals surface area contributed by atoms with Crippen LogP contribution in [0.2, 0.25) is 0 Å². The number of ether oxygens (including phenoxy) is 1. The Balaban J connectivity index is 1.81. The average Bonchev–Trinajstić information content (AvgIpc) is 2.41. The van der Waals surface area contributed by atoms with Crippen molar-refractivity contribution >= 4 is 6.08 Å². The maximum absolute atomic E-state index is 5.63. The van der Waals surface area contributed by atoms with Crippen LogP contribution in [0.4, 0.5) is 0 Å². The molecule has 0 saturated carbocycles. The van der Waals surface area contributed by atoms with Gasteiger partial charge in [0.1, 0.15) is 5.75 Å². The summed E-state index contributed by atoms with van der Waals surface area (Å²) in [6.07, 6.45) is 4.65. The molecule has 1 aliphatic heterocycles. The van der Waals surface area contributed by atoms with Crippen molar-refractivity contribution in [2.75, 3.05) is 32.7 Å². The summed E-state index contributed by atoms with van der Waals surface area (Å²) in [7, 11) is 0. The maximum atomic E-state index is 5.63. The Labute approximate surface area is 116 Å². The third kappa shape index (κ3) is 5.05. The molecule has 0 atom stereocenters. The highest BCUT2D eigenvalue weighted by Gasteiger charge is 2.06. The van der Waals surface area contributed by atoms with Crippen LogP contribution in [-0.4, -0.2) is 43.7 Å². The summed E-state index contributed by atoms with van der Waals surface area (Å²) in [6, 6.07) is 8.27. The minimum atomic E-state index is 0.231. The number of nitrogens with zero attached hydrogens (tertiary/aromatic N) is 1. The molecule has 3 nitrogen and oxygen atoms in total. The fourth-order valence-electron chi connectivity index (χ4n) is 2.16. The summed E-state index contributed by atoms with van der Waals surface area (Å²) >= 11 is 0. The molecule has 0 aromatic heterocycles. The lowest BCUT2D eigenvalue weighted by atomic mass is 10.2. The summed E-state index contributed by atoms with van der Waals surface area (Å²) in [6.45, 7) is 9.62. The molecule has 1 saturated heterocycles. The van der Waals surface area contributed by atoms with E-state index in [0.29, 0.717) is 0 Å². The van der Waals surface area contributed by atoms with Crippen LogP contribution >= 0.6 is 0 Å². The van der Waals surface area contributed by atoms with Gasteiger partial charge in [-0.3, -0.25) is 4.90 Å². The summed E-state index contributed by atoms with van der Waals surface area (Å²) in [4.78, 5) is 2.46. The van der Waals surface area contributed by atoms with Gasteiger partial charge in [0.2, 0.25) is 0 Å². The molecular weight excluding hydrogens is 236 g/mol. The molecule has 0 radical (unpaired) electrons. The molecule has 2 rings (SSSR count). The summed E-state index contributed by atoms with van der Waals surface area (Å²) < 4.78 is 5.63. The van der Waals surface area contributed by atoms with E-state index in [4.69, 9.17) is 4.74 Å². The van der Waals surface area contributed by atoms with E-state index in [9.17, 15) is 0 Å². The van der Waals surface area contributed by atoms with E-state index in [0.717, 1.165) is 38.5 Å². The Morgan fingerprint density at radius 3 is 2.53 bits per heavy atom. The van der Waals surface area contributed by atoms with Crippen molar-refractivity contribution in [3.05, 3.63) is 35.9 Å². The molecular formula is C16H24N2O. The number of piperazine rings is 1. The predicted molar refractivity (Wildman–Crippen MR) is 80.5 cm³/mol. The van der Waals surface area contributed by atoms with Crippen molar-refractivity contribution < 1.29 is 4.74 Å². The fraction of sp³-hybridized carbons (Fsp3) is 0.500. The van der Waals surface area contributed by atoms with Crippen LogP contribution in [0.3, 0.4) is 0 Å². The van der Waals surface area contributed by atoms with Crippen molar-refractivity contribution in [2.45, 2.75) is 20.0 Å². The van der Waals surface area contributed by atoms with Crippen LogP contribution in [-0.2, 0) is 0 Å². The molecule has 0 amide bonds. The molecule has 1 aromatic rings. The van der Waals surface area contributed by atoms with E-state index >= 15 is 0 Å². The molecule has 0 spiro atoms. The molecule has 0 unspecified atom stereocenters. The molecule has 0 aliphatic carbocycles. The number of benzene rings is 1. The third-order valence-electron chi connectivity index (χ3n) is 3.14. The van der Waals surface area contributed by atoms with Crippen molar-refractivity contribution in [1.29, 1.82) is 0 Å². The second-order valence-corrected chi connectivity index (χ2v) is 5.19. The van der Waals surface area contributed by atoms with Crippen molar-refractivity contribution in [1.82, 2.24) is 10.2 Å². The number of nitrogens with one attached hydrogen (secondary N) is 1. The van der Waals surface area contributed by atoms with Crippen molar-refractivity contribution in [2.24, 2.45) is 0 Å². The smallest absolute Gasteiger partial charge is 0.119 e. The zero-order chi connectivity index (χ0) is 13.5. The van der Waals surface area contributed by atoms with Crippen LogP contribution in [0.5, 0.6) is 5.75 Å². The van der Waals surface area contributed by atoms with E-state index in [2.05, 4.69) is 34.5 Å². The largest absolute Gasteiger partial charge is 0.491 e. The van der Waals surface area contributed by atoms with Crippen molar-refractivity contribution in [3.8, 4) is 5.75 Å². The second-order valence-electron chi connectivity index (χ2n) is 5.19. The van der Waals surface area contributed by atoms with Gasteiger partial charge >= 0.3 is 0 Å². The standard InChI is InChI=1S/C16H24N2O/c1-14(2)19-16-7-5-15(6-8-16)4-3-11-18-12-9-17-10-13-18/h3-8,14,17H,9-13H2,1-2H3/b4-3+. The zero-order valence-corrected chi connectivity index (χ0v) is 11.9. The predicted octanol–water partition coefficient (Wildman–Crippen LogP) is 2.39. The lowest BCUT2D eigenvalue weighted by Gasteiger charge is -2.25. The Morgan fingerprint density at radius 1 is 1.21 bits per heavy atom. The lowest BCUT2D eigenvalue weighted by molar-refractivity contribution is 0.242.